The van der Waals surface area contributed by atoms with Crippen LogP contribution in [-0.2, 0) is 42.9 Å². The number of aliphatic hydroxyl groups excluding tert-OH is 2. The molecule has 0 radical (unpaired) electrons. The third kappa shape index (κ3) is 14.3. The highest BCUT2D eigenvalue weighted by Crippen LogP contribution is 2.37. The molecular formula is C50H77NO12. The molecule has 0 spiro atoms. The van der Waals surface area contributed by atoms with Gasteiger partial charge in [-0.05, 0) is 107 Å². The fourth-order valence-electron chi connectivity index (χ4n) is 9.78. The van der Waals surface area contributed by atoms with Crippen molar-refractivity contribution in [1.82, 2.24) is 4.90 Å². The van der Waals surface area contributed by atoms with Gasteiger partial charge in [-0.1, -0.05) is 71.1 Å². The van der Waals surface area contributed by atoms with E-state index in [0.29, 0.717) is 63.4 Å². The molecule has 1 aliphatic carbocycles. The number of carbonyl (C=O) groups is 5. The zero-order valence-electron chi connectivity index (χ0n) is 39.3. The lowest BCUT2D eigenvalue weighted by molar-refractivity contribution is -0.265. The molecule has 1 amide bonds. The number of nitrogens with zero attached hydrogens (tertiary/aromatic N) is 1. The third-order valence-corrected chi connectivity index (χ3v) is 14.2. The van der Waals surface area contributed by atoms with Gasteiger partial charge in [-0.25, -0.2) is 4.79 Å². The van der Waals surface area contributed by atoms with Gasteiger partial charge < -0.3 is 39.2 Å². The molecule has 4 aliphatic rings. The highest BCUT2D eigenvalue weighted by atomic mass is 16.6. The zero-order valence-corrected chi connectivity index (χ0v) is 39.3. The standard InChI is InChI=1S/C50H77NO12/c1-30-15-11-10-12-16-31(2)44(60-8)27-38-20-18-36(7)50(59,63-38)47(56)48(57)51-22-14-13-17-39(51)49(58)62-45(35(6)25-37-19-21-40(52)46(26-37)61-9)29-43(55)34(5)24-33(4)42(54)28-41(53)32(3)23-30/h10-12,15-16,24,30,32,34-40,42,44-46,52,54,59H,13-14,17-23,25-29H2,1-9H3/t30-,32-,34-,35-,36-,37+,38+,39+,40-,42+,44+,45+,46-,50-/m1/s1. The summed E-state index contributed by atoms with van der Waals surface area (Å²) in [6.45, 7) is 12.9. The van der Waals surface area contributed by atoms with E-state index in [2.05, 4.69) is 0 Å². The van der Waals surface area contributed by atoms with E-state index in [1.165, 1.54) is 4.90 Å². The minimum absolute atomic E-state index is 0.0725. The van der Waals surface area contributed by atoms with Gasteiger partial charge in [0.25, 0.3) is 11.7 Å². The second kappa shape index (κ2) is 24.3. The van der Waals surface area contributed by atoms with Crippen LogP contribution < -0.4 is 0 Å². The number of fused-ring (bicyclic) bond motifs is 3. The van der Waals surface area contributed by atoms with E-state index in [9.17, 15) is 39.3 Å². The third-order valence-electron chi connectivity index (χ3n) is 14.2. The van der Waals surface area contributed by atoms with E-state index in [-0.39, 0.29) is 67.1 Å². The number of esters is 1. The Morgan fingerprint density at radius 3 is 2.27 bits per heavy atom. The van der Waals surface area contributed by atoms with Crippen LogP contribution in [0.3, 0.4) is 0 Å². The number of amides is 1. The topological polar surface area (TPSA) is 186 Å². The zero-order chi connectivity index (χ0) is 46.6. The summed E-state index contributed by atoms with van der Waals surface area (Å²) >= 11 is 0. The average Bonchev–Trinajstić information content (AvgIpc) is 3.25. The first kappa shape index (κ1) is 52.3. The highest BCUT2D eigenvalue weighted by Gasteiger charge is 2.53. The summed E-state index contributed by atoms with van der Waals surface area (Å²) in [5.74, 6) is -7.36. The Morgan fingerprint density at radius 2 is 1.57 bits per heavy atom. The van der Waals surface area contributed by atoms with Gasteiger partial charge >= 0.3 is 5.97 Å². The minimum Gasteiger partial charge on any atom is -0.460 e. The van der Waals surface area contributed by atoms with Gasteiger partial charge in [0, 0.05) is 57.8 Å². The van der Waals surface area contributed by atoms with Crippen molar-refractivity contribution in [2.75, 3.05) is 20.8 Å². The first-order valence-corrected chi connectivity index (χ1v) is 23.4. The maximum atomic E-state index is 14.3. The van der Waals surface area contributed by atoms with Crippen LogP contribution in [0.2, 0.25) is 0 Å². The Hall–Kier alpha value is -3.33. The van der Waals surface area contributed by atoms with E-state index < -0.39 is 71.8 Å². The molecule has 13 heteroatoms. The van der Waals surface area contributed by atoms with E-state index >= 15 is 0 Å². The quantitative estimate of drug-likeness (QED) is 0.154. The fourth-order valence-corrected chi connectivity index (χ4v) is 9.78. The lowest BCUT2D eigenvalue weighted by atomic mass is 9.78. The highest BCUT2D eigenvalue weighted by molar-refractivity contribution is 6.39. The normalized spacial score (nSPS) is 37.5. The Balaban J connectivity index is 1.67. The monoisotopic (exact) mass is 884 g/mol. The van der Waals surface area contributed by atoms with Crippen LogP contribution in [0.5, 0.6) is 0 Å². The maximum absolute atomic E-state index is 14.3. The van der Waals surface area contributed by atoms with Gasteiger partial charge in [0.05, 0.1) is 30.5 Å². The minimum atomic E-state index is -2.42. The summed E-state index contributed by atoms with van der Waals surface area (Å²) in [5.41, 5.74) is 1.39. The summed E-state index contributed by atoms with van der Waals surface area (Å²) in [7, 11) is 3.15. The Labute approximate surface area is 375 Å². The second-order valence-electron chi connectivity index (χ2n) is 19.3. The number of carbonyl (C=O) groups excluding carboxylic acids is 5. The summed E-state index contributed by atoms with van der Waals surface area (Å²) in [6.07, 6.45) is 13.0. The summed E-state index contributed by atoms with van der Waals surface area (Å²) < 4.78 is 23.8. The number of hydrogen-bond donors (Lipinski definition) is 3. The van der Waals surface area contributed by atoms with Crippen molar-refractivity contribution in [1.29, 1.82) is 0 Å². The molecule has 13 nitrogen and oxygen atoms in total. The van der Waals surface area contributed by atoms with Crippen LogP contribution in [0.1, 0.15) is 132 Å². The first-order valence-electron chi connectivity index (χ1n) is 23.4. The molecule has 3 aliphatic heterocycles. The van der Waals surface area contributed by atoms with Gasteiger partial charge in [0.1, 0.15) is 23.7 Å². The predicted octanol–water partition coefficient (Wildman–Crippen LogP) is 6.56. The molecule has 2 bridgehead atoms. The number of methoxy groups -OCH3 is 2. The first-order chi connectivity index (χ1) is 29.8. The molecule has 14 atom stereocenters. The van der Waals surface area contributed by atoms with Crippen molar-refractivity contribution < 1.29 is 58.2 Å². The van der Waals surface area contributed by atoms with Crippen molar-refractivity contribution in [3.63, 3.8) is 0 Å². The lowest BCUT2D eigenvalue weighted by Gasteiger charge is -2.42. The van der Waals surface area contributed by atoms with Crippen LogP contribution >= 0.6 is 0 Å². The SMILES string of the molecule is CO[C@H]1C[C@@H]2CC[C@@H](C)[C@@](O)(O2)C(=O)C(=O)N2CCCC[C@H]2C(=O)O[C@H]([C@H](C)C[C@@H]2CC[C@@H](O)[C@H](OC)C2)CC(=O)[C@H](C)C=C(C)[C@@H](O)CC(=O)[C@H](C)C[C@H](C)C=CC=CC=C1C. The Kier molecular flexibility index (Phi) is 20.1. The Bertz CT molecular complexity index is 1700. The Morgan fingerprint density at radius 1 is 0.841 bits per heavy atom. The predicted molar refractivity (Wildman–Crippen MR) is 239 cm³/mol. The number of aliphatic hydroxyl groups is 3. The van der Waals surface area contributed by atoms with E-state index in [4.69, 9.17) is 18.9 Å². The molecule has 0 aromatic carbocycles. The van der Waals surface area contributed by atoms with E-state index in [1.807, 2.05) is 58.1 Å². The maximum Gasteiger partial charge on any atom is 0.329 e. The van der Waals surface area contributed by atoms with Crippen LogP contribution in [0.25, 0.3) is 0 Å². The number of piperidine rings is 1. The number of allylic oxidation sites excluding steroid dienone is 6. The summed E-state index contributed by atoms with van der Waals surface area (Å²) in [6, 6.07) is -1.12. The molecule has 0 aromatic rings. The molecule has 0 unspecified atom stereocenters. The van der Waals surface area contributed by atoms with Crippen molar-refractivity contribution in [3.8, 4) is 0 Å². The molecule has 4 rings (SSSR count). The van der Waals surface area contributed by atoms with Gasteiger partial charge in [-0.2, -0.15) is 0 Å². The summed E-state index contributed by atoms with van der Waals surface area (Å²) in [5, 5.41) is 33.5. The van der Waals surface area contributed by atoms with Crippen LogP contribution in [0.4, 0.5) is 0 Å². The number of cyclic esters (lactones) is 1. The average molecular weight is 884 g/mol. The number of Topliss-reactive ketones (excluding diaryl/α,β-unsaturated/α-hetero) is 3. The van der Waals surface area contributed by atoms with Crippen molar-refractivity contribution in [2.45, 2.75) is 180 Å². The van der Waals surface area contributed by atoms with Crippen LogP contribution in [0, 0.1) is 35.5 Å². The molecule has 2 saturated heterocycles. The van der Waals surface area contributed by atoms with Gasteiger partial charge in [-0.15, -0.1) is 0 Å². The fraction of sp³-hybridized carbons (Fsp3) is 0.740. The molecule has 1 saturated carbocycles. The van der Waals surface area contributed by atoms with Gasteiger partial charge in [-0.3, -0.25) is 19.2 Å². The van der Waals surface area contributed by atoms with Gasteiger partial charge in [0.15, 0.2) is 0 Å². The summed E-state index contributed by atoms with van der Waals surface area (Å²) in [4.78, 5) is 71.1. The number of hydrogen-bond acceptors (Lipinski definition) is 12. The molecular weight excluding hydrogens is 807 g/mol. The smallest absolute Gasteiger partial charge is 0.329 e. The van der Waals surface area contributed by atoms with Crippen molar-refractivity contribution in [2.24, 2.45) is 35.5 Å². The molecule has 0 aromatic heterocycles. The molecule has 3 N–H and O–H groups in total. The lowest BCUT2D eigenvalue weighted by Crippen LogP contribution is -2.61. The van der Waals surface area contributed by atoms with Crippen molar-refractivity contribution >= 4 is 29.2 Å². The van der Waals surface area contributed by atoms with Gasteiger partial charge in [0.2, 0.25) is 5.79 Å². The van der Waals surface area contributed by atoms with Crippen molar-refractivity contribution in [3.05, 3.63) is 47.6 Å². The molecule has 354 valence electrons. The number of rotatable bonds is 5. The number of ether oxygens (including phenoxy) is 4. The van der Waals surface area contributed by atoms with Crippen LogP contribution in [0.15, 0.2) is 47.6 Å². The largest absolute Gasteiger partial charge is 0.460 e. The second-order valence-corrected chi connectivity index (χ2v) is 19.3. The molecule has 3 fully saturated rings. The molecule has 3 heterocycles. The van der Waals surface area contributed by atoms with E-state index in [0.717, 1.165) is 12.0 Å². The number of ketones is 3. The molecule has 63 heavy (non-hydrogen) atoms. The van der Waals surface area contributed by atoms with E-state index in [1.54, 1.807) is 41.1 Å². The van der Waals surface area contributed by atoms with Crippen LogP contribution in [-0.4, -0.2) is 119 Å².